The standard InChI is InChI=1S/C13H20BrNO2/c1-3-6-15-10(2)12-9-11(14)4-5-13(12)17-8-7-16/h4-5,9-10,15-16H,3,6-8H2,1-2H3. The fourth-order valence-electron chi connectivity index (χ4n) is 1.62. The van der Waals surface area contributed by atoms with Gasteiger partial charge in [0.1, 0.15) is 12.4 Å². The van der Waals surface area contributed by atoms with E-state index in [2.05, 4.69) is 41.2 Å². The van der Waals surface area contributed by atoms with Crippen LogP contribution in [0.4, 0.5) is 0 Å². The maximum absolute atomic E-state index is 8.80. The molecule has 0 saturated carbocycles. The maximum Gasteiger partial charge on any atom is 0.124 e. The number of halogens is 1. The van der Waals surface area contributed by atoms with E-state index in [9.17, 15) is 0 Å². The van der Waals surface area contributed by atoms with Crippen molar-refractivity contribution in [3.63, 3.8) is 0 Å². The second-order valence-electron chi connectivity index (χ2n) is 3.93. The van der Waals surface area contributed by atoms with Crippen molar-refractivity contribution in [2.24, 2.45) is 0 Å². The highest BCUT2D eigenvalue weighted by atomic mass is 79.9. The molecule has 17 heavy (non-hydrogen) atoms. The second-order valence-corrected chi connectivity index (χ2v) is 4.85. The fourth-order valence-corrected chi connectivity index (χ4v) is 1.99. The summed E-state index contributed by atoms with van der Waals surface area (Å²) in [6.45, 7) is 5.60. The number of rotatable bonds is 7. The summed E-state index contributed by atoms with van der Waals surface area (Å²) in [7, 11) is 0. The lowest BCUT2D eigenvalue weighted by Crippen LogP contribution is -2.20. The first-order chi connectivity index (χ1) is 8.19. The number of nitrogens with one attached hydrogen (secondary N) is 1. The minimum atomic E-state index is 0.0340. The third kappa shape index (κ3) is 4.66. The lowest BCUT2D eigenvalue weighted by atomic mass is 10.1. The van der Waals surface area contributed by atoms with E-state index < -0.39 is 0 Å². The van der Waals surface area contributed by atoms with Crippen molar-refractivity contribution in [2.45, 2.75) is 26.3 Å². The van der Waals surface area contributed by atoms with Crippen LogP contribution in [0.15, 0.2) is 22.7 Å². The first kappa shape index (κ1) is 14.5. The van der Waals surface area contributed by atoms with Crippen molar-refractivity contribution < 1.29 is 9.84 Å². The van der Waals surface area contributed by atoms with Gasteiger partial charge in [0, 0.05) is 16.1 Å². The van der Waals surface area contributed by atoms with E-state index in [1.165, 1.54) is 0 Å². The number of ether oxygens (including phenoxy) is 1. The lowest BCUT2D eigenvalue weighted by molar-refractivity contribution is 0.199. The van der Waals surface area contributed by atoms with Crippen molar-refractivity contribution >= 4 is 15.9 Å². The molecule has 0 heterocycles. The predicted octanol–water partition coefficient (Wildman–Crippen LogP) is 2.88. The van der Waals surface area contributed by atoms with Gasteiger partial charge in [-0.05, 0) is 38.1 Å². The van der Waals surface area contributed by atoms with Crippen LogP contribution in [0.25, 0.3) is 0 Å². The molecule has 0 radical (unpaired) electrons. The minimum Gasteiger partial charge on any atom is -0.491 e. The summed E-state index contributed by atoms with van der Waals surface area (Å²) in [5.41, 5.74) is 1.11. The van der Waals surface area contributed by atoms with Crippen molar-refractivity contribution in [1.29, 1.82) is 0 Å². The van der Waals surface area contributed by atoms with Crippen molar-refractivity contribution in [2.75, 3.05) is 19.8 Å². The Morgan fingerprint density at radius 1 is 1.47 bits per heavy atom. The Bertz CT molecular complexity index is 344. The molecule has 0 amide bonds. The largest absolute Gasteiger partial charge is 0.491 e. The minimum absolute atomic E-state index is 0.0340. The molecule has 0 spiro atoms. The molecule has 1 atom stereocenters. The van der Waals surface area contributed by atoms with Crippen LogP contribution in [0, 0.1) is 0 Å². The molecule has 4 heteroatoms. The molecular weight excluding hydrogens is 282 g/mol. The van der Waals surface area contributed by atoms with Crippen LogP contribution in [0.5, 0.6) is 5.75 Å². The Morgan fingerprint density at radius 2 is 2.24 bits per heavy atom. The summed E-state index contributed by atoms with van der Waals surface area (Å²) >= 11 is 3.47. The van der Waals surface area contributed by atoms with Gasteiger partial charge in [-0.15, -0.1) is 0 Å². The van der Waals surface area contributed by atoms with Crippen LogP contribution < -0.4 is 10.1 Å². The van der Waals surface area contributed by atoms with Crippen LogP contribution in [0.2, 0.25) is 0 Å². The molecule has 0 aliphatic rings. The highest BCUT2D eigenvalue weighted by molar-refractivity contribution is 9.10. The molecule has 1 rings (SSSR count). The Morgan fingerprint density at radius 3 is 2.88 bits per heavy atom. The van der Waals surface area contributed by atoms with Crippen LogP contribution in [0.3, 0.4) is 0 Å². The number of aliphatic hydroxyl groups excluding tert-OH is 1. The van der Waals surface area contributed by atoms with E-state index in [0.29, 0.717) is 6.61 Å². The molecule has 3 nitrogen and oxygen atoms in total. The summed E-state index contributed by atoms with van der Waals surface area (Å²) in [5, 5.41) is 12.2. The highest BCUT2D eigenvalue weighted by Crippen LogP contribution is 2.28. The molecule has 0 aliphatic heterocycles. The van der Waals surface area contributed by atoms with Crippen molar-refractivity contribution in [3.05, 3.63) is 28.2 Å². The summed E-state index contributed by atoms with van der Waals surface area (Å²) in [5.74, 6) is 0.832. The van der Waals surface area contributed by atoms with E-state index in [-0.39, 0.29) is 12.6 Å². The third-order valence-electron chi connectivity index (χ3n) is 2.49. The zero-order valence-electron chi connectivity index (χ0n) is 10.4. The predicted molar refractivity (Wildman–Crippen MR) is 73.4 cm³/mol. The van der Waals surface area contributed by atoms with Crippen LogP contribution in [0.1, 0.15) is 31.9 Å². The Hall–Kier alpha value is -0.580. The number of aliphatic hydroxyl groups is 1. The zero-order valence-corrected chi connectivity index (χ0v) is 12.0. The van der Waals surface area contributed by atoms with Crippen molar-refractivity contribution in [3.8, 4) is 5.75 Å². The second kappa shape index (κ2) is 7.69. The van der Waals surface area contributed by atoms with Crippen LogP contribution in [-0.4, -0.2) is 24.9 Å². The average molecular weight is 302 g/mol. The summed E-state index contributed by atoms with van der Waals surface area (Å²) in [4.78, 5) is 0. The smallest absolute Gasteiger partial charge is 0.124 e. The molecule has 1 unspecified atom stereocenters. The van der Waals surface area contributed by atoms with Gasteiger partial charge in [-0.3, -0.25) is 0 Å². The van der Waals surface area contributed by atoms with Gasteiger partial charge in [0.2, 0.25) is 0 Å². The Labute approximate surface area is 111 Å². The average Bonchev–Trinajstić information content (AvgIpc) is 2.34. The highest BCUT2D eigenvalue weighted by Gasteiger charge is 2.11. The lowest BCUT2D eigenvalue weighted by Gasteiger charge is -2.18. The first-order valence-electron chi connectivity index (χ1n) is 5.95. The first-order valence-corrected chi connectivity index (χ1v) is 6.74. The van der Waals surface area contributed by atoms with E-state index in [1.54, 1.807) is 0 Å². The van der Waals surface area contributed by atoms with Gasteiger partial charge in [0.15, 0.2) is 0 Å². The van der Waals surface area contributed by atoms with Gasteiger partial charge in [0.25, 0.3) is 0 Å². The van der Waals surface area contributed by atoms with E-state index in [1.807, 2.05) is 12.1 Å². The molecule has 0 aliphatic carbocycles. The summed E-state index contributed by atoms with van der Waals surface area (Å²) in [6, 6.07) is 6.17. The molecule has 2 N–H and O–H groups in total. The fraction of sp³-hybridized carbons (Fsp3) is 0.538. The van der Waals surface area contributed by atoms with Gasteiger partial charge in [0.05, 0.1) is 6.61 Å². The quantitative estimate of drug-likeness (QED) is 0.814. The third-order valence-corrected chi connectivity index (χ3v) is 2.98. The molecule has 1 aromatic rings. The topological polar surface area (TPSA) is 41.5 Å². The molecular formula is C13H20BrNO2. The number of hydrogen-bond donors (Lipinski definition) is 2. The molecule has 1 aromatic carbocycles. The molecule has 96 valence electrons. The monoisotopic (exact) mass is 301 g/mol. The normalized spacial score (nSPS) is 12.5. The zero-order chi connectivity index (χ0) is 12.7. The van der Waals surface area contributed by atoms with Gasteiger partial charge < -0.3 is 15.2 Å². The Balaban J connectivity index is 2.81. The van der Waals surface area contributed by atoms with Gasteiger partial charge in [-0.1, -0.05) is 22.9 Å². The number of hydrogen-bond acceptors (Lipinski definition) is 3. The van der Waals surface area contributed by atoms with Gasteiger partial charge in [-0.25, -0.2) is 0 Å². The molecule has 0 bridgehead atoms. The SMILES string of the molecule is CCCNC(C)c1cc(Br)ccc1OCCO. The van der Waals surface area contributed by atoms with Gasteiger partial charge in [-0.2, -0.15) is 0 Å². The van der Waals surface area contributed by atoms with E-state index in [0.717, 1.165) is 28.8 Å². The molecule has 0 fully saturated rings. The van der Waals surface area contributed by atoms with Gasteiger partial charge >= 0.3 is 0 Å². The maximum atomic E-state index is 8.80. The molecule has 0 aromatic heterocycles. The van der Waals surface area contributed by atoms with E-state index >= 15 is 0 Å². The Kier molecular flexibility index (Phi) is 6.55. The van der Waals surface area contributed by atoms with Crippen LogP contribution in [-0.2, 0) is 0 Å². The number of benzene rings is 1. The summed E-state index contributed by atoms with van der Waals surface area (Å²) < 4.78 is 6.57. The van der Waals surface area contributed by atoms with Crippen LogP contribution >= 0.6 is 15.9 Å². The van der Waals surface area contributed by atoms with Crippen molar-refractivity contribution in [1.82, 2.24) is 5.32 Å². The van der Waals surface area contributed by atoms with E-state index in [4.69, 9.17) is 9.84 Å². The molecule has 0 saturated heterocycles. The summed E-state index contributed by atoms with van der Waals surface area (Å²) in [6.07, 6.45) is 1.10.